The molecule has 0 aliphatic carbocycles. The van der Waals surface area contributed by atoms with Crippen LogP contribution in [0.4, 0.5) is 0 Å². The molecule has 214 valence electrons. The van der Waals surface area contributed by atoms with E-state index in [-0.39, 0.29) is 24.4 Å². The third-order valence-corrected chi connectivity index (χ3v) is 9.20. The monoisotopic (exact) mass is 652 g/mol. The zero-order valence-corrected chi connectivity index (χ0v) is 26.8. The SMILES string of the molecule is Cc1cc(C)c(C)c(C)c1C.N[C@@H](c1ccccc1)[C@@H](NS(=O)(=O)c1ccc2ccccc2c1)c1ccccc1.[Ru]. The maximum Gasteiger partial charge on any atom is 0.241 e. The minimum Gasteiger partial charge on any atom is -0.322 e. The van der Waals surface area contributed by atoms with Gasteiger partial charge in [0.1, 0.15) is 0 Å². The zero-order valence-electron chi connectivity index (χ0n) is 24.2. The third kappa shape index (κ3) is 7.78. The molecule has 5 rings (SSSR count). The van der Waals surface area contributed by atoms with Crippen molar-refractivity contribution in [1.82, 2.24) is 4.72 Å². The average molecular weight is 652 g/mol. The minimum absolute atomic E-state index is 0. The molecular weight excluding hydrogens is 614 g/mol. The second-order valence-corrected chi connectivity index (χ2v) is 12.1. The van der Waals surface area contributed by atoms with Crippen LogP contribution in [0, 0.1) is 34.6 Å². The van der Waals surface area contributed by atoms with Gasteiger partial charge in [0, 0.05) is 19.5 Å². The third-order valence-electron chi connectivity index (χ3n) is 7.76. The normalized spacial score (nSPS) is 12.5. The topological polar surface area (TPSA) is 72.2 Å². The van der Waals surface area contributed by atoms with Gasteiger partial charge in [0.15, 0.2) is 0 Å². The molecule has 0 saturated heterocycles. The number of hydrogen-bond acceptors (Lipinski definition) is 3. The summed E-state index contributed by atoms with van der Waals surface area (Å²) in [5.41, 5.74) is 15.3. The van der Waals surface area contributed by atoms with E-state index in [4.69, 9.17) is 5.73 Å². The Balaban J connectivity index is 0.000000326. The summed E-state index contributed by atoms with van der Waals surface area (Å²) in [6.07, 6.45) is 0. The Bertz CT molecular complexity index is 1680. The number of nitrogens with two attached hydrogens (primary N) is 1. The van der Waals surface area contributed by atoms with Crippen molar-refractivity contribution in [3.8, 4) is 0 Å². The molecule has 0 radical (unpaired) electrons. The Labute approximate surface area is 257 Å². The van der Waals surface area contributed by atoms with Gasteiger partial charge in [0.2, 0.25) is 10.0 Å². The van der Waals surface area contributed by atoms with Gasteiger partial charge in [-0.2, -0.15) is 0 Å². The number of nitrogens with one attached hydrogen (secondary N) is 1. The molecule has 0 spiro atoms. The first-order valence-corrected chi connectivity index (χ1v) is 15.0. The summed E-state index contributed by atoms with van der Waals surface area (Å²) >= 11 is 0. The summed E-state index contributed by atoms with van der Waals surface area (Å²) in [5.74, 6) is 0. The van der Waals surface area contributed by atoms with Crippen molar-refractivity contribution >= 4 is 20.8 Å². The van der Waals surface area contributed by atoms with Crippen molar-refractivity contribution < 1.29 is 27.9 Å². The molecule has 0 aliphatic heterocycles. The molecule has 0 aliphatic rings. The molecule has 5 aromatic carbocycles. The predicted molar refractivity (Wildman–Crippen MR) is 167 cm³/mol. The van der Waals surface area contributed by atoms with Crippen LogP contribution in [0.25, 0.3) is 10.8 Å². The van der Waals surface area contributed by atoms with Gasteiger partial charge in [0.25, 0.3) is 0 Å². The number of aryl methyl sites for hydroxylation is 2. The van der Waals surface area contributed by atoms with Crippen molar-refractivity contribution in [3.05, 3.63) is 148 Å². The van der Waals surface area contributed by atoms with Gasteiger partial charge in [0.05, 0.1) is 17.0 Å². The van der Waals surface area contributed by atoms with Crippen LogP contribution in [0.3, 0.4) is 0 Å². The van der Waals surface area contributed by atoms with Crippen LogP contribution in [0.15, 0.2) is 114 Å². The largest absolute Gasteiger partial charge is 0.322 e. The summed E-state index contributed by atoms with van der Waals surface area (Å²) in [5, 5.41) is 1.87. The van der Waals surface area contributed by atoms with Gasteiger partial charge in [-0.15, -0.1) is 0 Å². The summed E-state index contributed by atoms with van der Waals surface area (Å²) in [4.78, 5) is 0.220. The number of fused-ring (bicyclic) bond motifs is 1. The first kappa shape index (κ1) is 32.4. The Morgan fingerprint density at radius 2 is 1.07 bits per heavy atom. The van der Waals surface area contributed by atoms with Crippen LogP contribution in [0.2, 0.25) is 0 Å². The van der Waals surface area contributed by atoms with E-state index in [0.717, 1.165) is 21.9 Å². The second-order valence-electron chi connectivity index (χ2n) is 10.3. The first-order chi connectivity index (χ1) is 19.1. The van der Waals surface area contributed by atoms with E-state index in [1.165, 1.54) is 27.8 Å². The molecule has 0 fully saturated rings. The van der Waals surface area contributed by atoms with E-state index in [9.17, 15) is 8.42 Å². The molecular formula is C35H38N2O2RuS. The van der Waals surface area contributed by atoms with Crippen LogP contribution in [0.5, 0.6) is 0 Å². The Morgan fingerprint density at radius 3 is 1.63 bits per heavy atom. The number of sulfonamides is 1. The van der Waals surface area contributed by atoms with Crippen LogP contribution in [-0.2, 0) is 29.5 Å². The first-order valence-electron chi connectivity index (χ1n) is 13.5. The molecule has 4 nitrogen and oxygen atoms in total. The van der Waals surface area contributed by atoms with Crippen LogP contribution in [0.1, 0.15) is 51.0 Å². The standard InChI is InChI=1S/C24H22N2O2S.C11H16.Ru/c25-23(19-10-3-1-4-11-19)24(20-12-5-2-6-13-20)26-29(27,28)22-16-15-18-9-7-8-14-21(18)17-22;1-7-6-8(2)10(4)11(5)9(7)3;/h1-17,23-24,26H,25H2;6H,1-5H3;/t23-,24-;;/m0../s1. The zero-order chi connectivity index (χ0) is 28.9. The van der Waals surface area contributed by atoms with E-state index < -0.39 is 22.1 Å². The fourth-order valence-electron chi connectivity index (χ4n) is 4.86. The fourth-order valence-corrected chi connectivity index (χ4v) is 6.14. The van der Waals surface area contributed by atoms with E-state index in [1.807, 2.05) is 91.0 Å². The maximum atomic E-state index is 13.2. The van der Waals surface area contributed by atoms with Gasteiger partial charge < -0.3 is 5.73 Å². The summed E-state index contributed by atoms with van der Waals surface area (Å²) < 4.78 is 29.3. The summed E-state index contributed by atoms with van der Waals surface area (Å²) in [7, 11) is -3.78. The van der Waals surface area contributed by atoms with Crippen LogP contribution >= 0.6 is 0 Å². The Hall–Kier alpha value is -3.15. The van der Waals surface area contributed by atoms with Gasteiger partial charge >= 0.3 is 0 Å². The molecule has 41 heavy (non-hydrogen) atoms. The molecule has 2 atom stereocenters. The van der Waals surface area contributed by atoms with Crippen molar-refractivity contribution in [2.45, 2.75) is 51.6 Å². The van der Waals surface area contributed by atoms with Gasteiger partial charge in [-0.1, -0.05) is 97.1 Å². The van der Waals surface area contributed by atoms with Gasteiger partial charge in [-0.05, 0) is 96.5 Å². The van der Waals surface area contributed by atoms with Crippen LogP contribution in [-0.4, -0.2) is 8.42 Å². The molecule has 0 unspecified atom stereocenters. The van der Waals surface area contributed by atoms with E-state index in [1.54, 1.807) is 12.1 Å². The second kappa shape index (κ2) is 14.2. The Kier molecular flexibility index (Phi) is 11.2. The smallest absolute Gasteiger partial charge is 0.241 e. The summed E-state index contributed by atoms with van der Waals surface area (Å²) in [6.45, 7) is 10.9. The number of benzene rings is 5. The van der Waals surface area contributed by atoms with Crippen molar-refractivity contribution in [2.24, 2.45) is 5.73 Å². The molecule has 0 saturated carbocycles. The quantitative estimate of drug-likeness (QED) is 0.184. The predicted octanol–water partition coefficient (Wildman–Crippen LogP) is 7.79. The molecule has 3 N–H and O–H groups in total. The van der Waals surface area contributed by atoms with Crippen molar-refractivity contribution in [1.29, 1.82) is 0 Å². The Morgan fingerprint density at radius 1 is 0.585 bits per heavy atom. The van der Waals surface area contributed by atoms with Crippen molar-refractivity contribution in [3.63, 3.8) is 0 Å². The molecule has 0 amide bonds. The maximum absolute atomic E-state index is 13.2. The van der Waals surface area contributed by atoms with Crippen molar-refractivity contribution in [2.75, 3.05) is 0 Å². The fraction of sp³-hybridized carbons (Fsp3) is 0.200. The summed E-state index contributed by atoms with van der Waals surface area (Å²) in [6, 6.07) is 32.9. The molecule has 5 aromatic rings. The average Bonchev–Trinajstić information content (AvgIpc) is 2.98. The van der Waals surface area contributed by atoms with E-state index >= 15 is 0 Å². The van der Waals surface area contributed by atoms with Crippen LogP contribution < -0.4 is 10.5 Å². The molecule has 0 bridgehead atoms. The van der Waals surface area contributed by atoms with E-state index in [2.05, 4.69) is 45.4 Å². The van der Waals surface area contributed by atoms with Gasteiger partial charge in [-0.3, -0.25) is 0 Å². The van der Waals surface area contributed by atoms with Gasteiger partial charge in [-0.25, -0.2) is 13.1 Å². The molecule has 0 heterocycles. The molecule has 6 heteroatoms. The van der Waals surface area contributed by atoms with E-state index in [0.29, 0.717) is 0 Å². The molecule has 0 aromatic heterocycles. The number of rotatable bonds is 6. The number of hydrogen-bond donors (Lipinski definition) is 2. The minimum atomic E-state index is -3.78.